The van der Waals surface area contributed by atoms with Crippen molar-refractivity contribution >= 4 is 21.6 Å². The van der Waals surface area contributed by atoms with Crippen LogP contribution in [0, 0.1) is 0 Å². The first kappa shape index (κ1) is 14.1. The first-order valence-electron chi connectivity index (χ1n) is 6.31. The molecule has 0 atom stereocenters. The van der Waals surface area contributed by atoms with Crippen molar-refractivity contribution in [2.45, 2.75) is 6.92 Å². The van der Waals surface area contributed by atoms with Crippen LogP contribution in [0.3, 0.4) is 0 Å². The summed E-state index contributed by atoms with van der Waals surface area (Å²) in [7, 11) is -3.48. The molecule has 2 rings (SSSR count). The average molecular weight is 285 g/mol. The highest BCUT2D eigenvalue weighted by Gasteiger charge is 2.13. The van der Waals surface area contributed by atoms with Gasteiger partial charge in [0.1, 0.15) is 0 Å². The normalized spacial score (nSPS) is 16.4. The molecule has 19 heavy (non-hydrogen) atoms. The SMILES string of the molecule is CCNS(=O)(=O)Nc1cccc(N2CCOCC2)c1. The summed E-state index contributed by atoms with van der Waals surface area (Å²) in [6.07, 6.45) is 0. The standard InChI is InChI=1S/C12H19N3O3S/c1-2-13-19(16,17)14-11-4-3-5-12(10-11)15-6-8-18-9-7-15/h3-5,10,13-14H,2,6-9H2,1H3. The van der Waals surface area contributed by atoms with Gasteiger partial charge in [0.05, 0.1) is 18.9 Å². The summed E-state index contributed by atoms with van der Waals surface area (Å²) in [5, 5.41) is 0. The van der Waals surface area contributed by atoms with Crippen LogP contribution in [0.15, 0.2) is 24.3 Å². The lowest BCUT2D eigenvalue weighted by Crippen LogP contribution is -2.36. The monoisotopic (exact) mass is 285 g/mol. The maximum Gasteiger partial charge on any atom is 0.299 e. The van der Waals surface area contributed by atoms with Crippen molar-refractivity contribution in [3.8, 4) is 0 Å². The number of hydrogen-bond donors (Lipinski definition) is 2. The van der Waals surface area contributed by atoms with Crippen LogP contribution in [0.2, 0.25) is 0 Å². The third-order valence-corrected chi connectivity index (χ3v) is 3.98. The van der Waals surface area contributed by atoms with Gasteiger partial charge in [-0.25, -0.2) is 0 Å². The van der Waals surface area contributed by atoms with Gasteiger partial charge < -0.3 is 9.64 Å². The predicted octanol–water partition coefficient (Wildman–Crippen LogP) is 0.789. The molecule has 0 amide bonds. The van der Waals surface area contributed by atoms with Crippen LogP contribution in [0.5, 0.6) is 0 Å². The summed E-state index contributed by atoms with van der Waals surface area (Å²) < 4.78 is 33.5. The summed E-state index contributed by atoms with van der Waals surface area (Å²) in [5.74, 6) is 0. The second-order valence-corrected chi connectivity index (χ2v) is 5.75. The molecule has 1 heterocycles. The maximum atomic E-state index is 11.6. The number of anilines is 2. The molecule has 6 nitrogen and oxygen atoms in total. The smallest absolute Gasteiger partial charge is 0.299 e. The van der Waals surface area contributed by atoms with Crippen molar-refractivity contribution in [2.24, 2.45) is 0 Å². The fourth-order valence-corrected chi connectivity index (χ4v) is 2.86. The van der Waals surface area contributed by atoms with Crippen LogP contribution in [-0.2, 0) is 14.9 Å². The second kappa shape index (κ2) is 6.23. The van der Waals surface area contributed by atoms with E-state index >= 15 is 0 Å². The van der Waals surface area contributed by atoms with E-state index in [4.69, 9.17) is 4.74 Å². The van der Waals surface area contributed by atoms with E-state index in [-0.39, 0.29) is 0 Å². The molecular formula is C12H19N3O3S. The highest BCUT2D eigenvalue weighted by atomic mass is 32.2. The molecule has 1 fully saturated rings. The Balaban J connectivity index is 2.10. The van der Waals surface area contributed by atoms with Crippen LogP contribution in [0.4, 0.5) is 11.4 Å². The molecule has 7 heteroatoms. The first-order valence-corrected chi connectivity index (χ1v) is 7.79. The molecule has 0 aromatic heterocycles. The lowest BCUT2D eigenvalue weighted by atomic mass is 10.2. The van der Waals surface area contributed by atoms with Crippen LogP contribution < -0.4 is 14.3 Å². The van der Waals surface area contributed by atoms with Gasteiger partial charge in [0, 0.05) is 25.3 Å². The number of rotatable bonds is 5. The van der Waals surface area contributed by atoms with E-state index in [2.05, 4.69) is 14.3 Å². The van der Waals surface area contributed by atoms with Gasteiger partial charge in [-0.1, -0.05) is 13.0 Å². The Bertz CT molecular complexity index is 513. The van der Waals surface area contributed by atoms with Gasteiger partial charge in [0.25, 0.3) is 10.2 Å². The van der Waals surface area contributed by atoms with Crippen molar-refractivity contribution in [3.05, 3.63) is 24.3 Å². The molecule has 0 saturated carbocycles. The van der Waals surface area contributed by atoms with E-state index in [1.165, 1.54) is 0 Å². The van der Waals surface area contributed by atoms with Crippen LogP contribution in [0.25, 0.3) is 0 Å². The number of hydrogen-bond acceptors (Lipinski definition) is 4. The Hall–Kier alpha value is -1.31. The Kier molecular flexibility index (Phi) is 4.62. The van der Waals surface area contributed by atoms with Crippen LogP contribution >= 0.6 is 0 Å². The minimum Gasteiger partial charge on any atom is -0.378 e. The quantitative estimate of drug-likeness (QED) is 0.839. The molecule has 1 aromatic carbocycles. The van der Waals surface area contributed by atoms with Crippen LogP contribution in [0.1, 0.15) is 6.92 Å². The van der Waals surface area contributed by atoms with Gasteiger partial charge in [0.2, 0.25) is 0 Å². The molecule has 2 N–H and O–H groups in total. The lowest BCUT2D eigenvalue weighted by molar-refractivity contribution is 0.122. The number of nitrogens with zero attached hydrogens (tertiary/aromatic N) is 1. The second-order valence-electron chi connectivity index (χ2n) is 4.25. The van der Waals surface area contributed by atoms with Gasteiger partial charge in [-0.2, -0.15) is 13.1 Å². The molecule has 1 aromatic rings. The zero-order valence-electron chi connectivity index (χ0n) is 10.9. The molecule has 1 aliphatic heterocycles. The van der Waals surface area contributed by atoms with Gasteiger partial charge in [-0.3, -0.25) is 4.72 Å². The molecule has 1 saturated heterocycles. The van der Waals surface area contributed by atoms with E-state index in [0.717, 1.165) is 18.8 Å². The summed E-state index contributed by atoms with van der Waals surface area (Å²) in [6, 6.07) is 7.38. The number of ether oxygens (including phenoxy) is 1. The molecule has 0 radical (unpaired) electrons. The van der Waals surface area contributed by atoms with E-state index in [1.807, 2.05) is 18.2 Å². The Morgan fingerprint density at radius 3 is 2.74 bits per heavy atom. The topological polar surface area (TPSA) is 70.7 Å². The minimum atomic E-state index is -3.48. The zero-order chi connectivity index (χ0) is 13.7. The van der Waals surface area contributed by atoms with Crippen molar-refractivity contribution < 1.29 is 13.2 Å². The average Bonchev–Trinajstić information content (AvgIpc) is 2.39. The minimum absolute atomic E-state index is 0.360. The van der Waals surface area contributed by atoms with E-state index in [9.17, 15) is 8.42 Å². The summed E-state index contributed by atoms with van der Waals surface area (Å²) >= 11 is 0. The molecule has 0 bridgehead atoms. The summed E-state index contributed by atoms with van der Waals surface area (Å²) in [4.78, 5) is 2.18. The third-order valence-electron chi connectivity index (χ3n) is 2.81. The highest BCUT2D eigenvalue weighted by molar-refractivity contribution is 7.90. The van der Waals surface area contributed by atoms with E-state index < -0.39 is 10.2 Å². The van der Waals surface area contributed by atoms with Gasteiger partial charge in [-0.15, -0.1) is 0 Å². The van der Waals surface area contributed by atoms with E-state index in [1.54, 1.807) is 13.0 Å². The summed E-state index contributed by atoms with van der Waals surface area (Å²) in [5.41, 5.74) is 1.56. The number of benzene rings is 1. The van der Waals surface area contributed by atoms with Crippen LogP contribution in [-0.4, -0.2) is 41.3 Å². The fraction of sp³-hybridized carbons (Fsp3) is 0.500. The number of nitrogens with one attached hydrogen (secondary N) is 2. The molecule has 0 aliphatic carbocycles. The van der Waals surface area contributed by atoms with Crippen molar-refractivity contribution in [1.29, 1.82) is 0 Å². The van der Waals surface area contributed by atoms with E-state index in [0.29, 0.717) is 25.4 Å². The number of morpholine rings is 1. The Morgan fingerprint density at radius 1 is 1.32 bits per heavy atom. The molecule has 0 spiro atoms. The van der Waals surface area contributed by atoms with Gasteiger partial charge in [0.15, 0.2) is 0 Å². The Labute approximate surface area is 113 Å². The Morgan fingerprint density at radius 2 is 2.05 bits per heavy atom. The van der Waals surface area contributed by atoms with Crippen molar-refractivity contribution in [3.63, 3.8) is 0 Å². The largest absolute Gasteiger partial charge is 0.378 e. The predicted molar refractivity (Wildman–Crippen MR) is 75.7 cm³/mol. The zero-order valence-corrected chi connectivity index (χ0v) is 11.7. The lowest BCUT2D eigenvalue weighted by Gasteiger charge is -2.29. The summed E-state index contributed by atoms with van der Waals surface area (Å²) in [6.45, 7) is 5.15. The molecule has 0 unspecified atom stereocenters. The third kappa shape index (κ3) is 4.09. The highest BCUT2D eigenvalue weighted by Crippen LogP contribution is 2.20. The first-order chi connectivity index (χ1) is 9.11. The van der Waals surface area contributed by atoms with Gasteiger partial charge in [-0.05, 0) is 18.2 Å². The maximum absolute atomic E-state index is 11.6. The van der Waals surface area contributed by atoms with Gasteiger partial charge >= 0.3 is 0 Å². The fourth-order valence-electron chi connectivity index (χ4n) is 1.97. The van der Waals surface area contributed by atoms with Crippen molar-refractivity contribution in [2.75, 3.05) is 42.5 Å². The van der Waals surface area contributed by atoms with Crippen molar-refractivity contribution in [1.82, 2.24) is 4.72 Å². The molecular weight excluding hydrogens is 266 g/mol. The molecule has 1 aliphatic rings. The molecule has 106 valence electrons.